The zero-order valence-electron chi connectivity index (χ0n) is 15.8. The summed E-state index contributed by atoms with van der Waals surface area (Å²) in [7, 11) is 0. The minimum Gasteiger partial charge on any atom is -0.472 e. The molecule has 4 rings (SSSR count). The molecule has 6 nitrogen and oxygen atoms in total. The molecule has 0 saturated carbocycles. The molecular weight excluding hydrogens is 370 g/mol. The first-order chi connectivity index (χ1) is 14.1. The second-order valence-electron chi connectivity index (χ2n) is 7.11. The van der Waals surface area contributed by atoms with Crippen molar-refractivity contribution in [3.8, 4) is 11.1 Å². The molecule has 2 aromatic carbocycles. The molecule has 1 aromatic heterocycles. The Morgan fingerprint density at radius 1 is 1.03 bits per heavy atom. The zero-order valence-corrected chi connectivity index (χ0v) is 15.8. The van der Waals surface area contributed by atoms with Crippen LogP contribution < -0.4 is 5.32 Å². The number of hydrogen-bond donors (Lipinski definition) is 3. The first-order valence-corrected chi connectivity index (χ1v) is 9.62. The summed E-state index contributed by atoms with van der Waals surface area (Å²) in [6, 6.07) is 17.9. The van der Waals surface area contributed by atoms with E-state index in [2.05, 4.69) is 29.6 Å². The Morgan fingerprint density at radius 2 is 1.69 bits per heavy atom. The van der Waals surface area contributed by atoms with Gasteiger partial charge in [0.2, 0.25) is 0 Å². The number of fused-ring (bicyclic) bond motifs is 3. The lowest BCUT2D eigenvalue weighted by molar-refractivity contribution is 0.0133. The van der Waals surface area contributed by atoms with Gasteiger partial charge in [-0.05, 0) is 34.7 Å². The van der Waals surface area contributed by atoms with E-state index in [0.29, 0.717) is 5.56 Å². The van der Waals surface area contributed by atoms with Crippen LogP contribution in [0.15, 0.2) is 71.5 Å². The third-order valence-corrected chi connectivity index (χ3v) is 5.30. The molecule has 0 saturated heterocycles. The van der Waals surface area contributed by atoms with Gasteiger partial charge in [-0.1, -0.05) is 48.5 Å². The quantitative estimate of drug-likeness (QED) is 0.570. The van der Waals surface area contributed by atoms with Gasteiger partial charge < -0.3 is 24.7 Å². The summed E-state index contributed by atoms with van der Waals surface area (Å²) in [5.74, 6) is 0.00153. The maximum atomic E-state index is 12.1. The number of nitrogens with one attached hydrogen (secondary N) is 1. The van der Waals surface area contributed by atoms with Crippen LogP contribution in [0.2, 0.25) is 0 Å². The molecule has 3 N–H and O–H groups in total. The van der Waals surface area contributed by atoms with Crippen molar-refractivity contribution in [3.63, 3.8) is 0 Å². The molecule has 150 valence electrons. The van der Waals surface area contributed by atoms with Gasteiger partial charge in [0.25, 0.3) is 0 Å². The highest BCUT2D eigenvalue weighted by Crippen LogP contribution is 2.44. The van der Waals surface area contributed by atoms with E-state index in [4.69, 9.17) is 9.15 Å². The highest BCUT2D eigenvalue weighted by molar-refractivity contribution is 5.79. The third-order valence-electron chi connectivity index (χ3n) is 5.30. The fraction of sp³-hybridized carbons (Fsp3) is 0.261. The summed E-state index contributed by atoms with van der Waals surface area (Å²) in [6.07, 6.45) is 0.389. The van der Waals surface area contributed by atoms with Crippen molar-refractivity contribution in [2.75, 3.05) is 13.2 Å². The van der Waals surface area contributed by atoms with Crippen LogP contribution in [0.3, 0.4) is 0 Å². The second-order valence-corrected chi connectivity index (χ2v) is 7.11. The van der Waals surface area contributed by atoms with Crippen LogP contribution in [-0.2, 0) is 4.74 Å². The molecule has 1 aliphatic rings. The molecule has 29 heavy (non-hydrogen) atoms. The molecular formula is C23H23NO5. The lowest BCUT2D eigenvalue weighted by atomic mass is 9.98. The van der Waals surface area contributed by atoms with Crippen LogP contribution in [-0.4, -0.2) is 35.6 Å². The van der Waals surface area contributed by atoms with Gasteiger partial charge in [-0.3, -0.25) is 0 Å². The van der Waals surface area contributed by atoms with Gasteiger partial charge in [0, 0.05) is 18.0 Å². The van der Waals surface area contributed by atoms with Crippen molar-refractivity contribution in [2.45, 2.75) is 24.5 Å². The van der Waals surface area contributed by atoms with Crippen LogP contribution in [0.4, 0.5) is 4.79 Å². The number of furan rings is 1. The number of alkyl carbamates (subject to hydrolysis) is 1. The first kappa shape index (κ1) is 19.2. The third kappa shape index (κ3) is 4.04. The van der Waals surface area contributed by atoms with Crippen molar-refractivity contribution >= 4 is 6.09 Å². The molecule has 1 aliphatic carbocycles. The van der Waals surface area contributed by atoms with Gasteiger partial charge in [0.15, 0.2) is 0 Å². The standard InChI is InChI=1S/C23H23NO5/c25-21(22(26)15-10-12-28-13-15)9-11-24-23(27)29-14-20-18-7-3-1-5-16(18)17-6-2-4-8-19(17)20/h1-8,10,12-13,20-22,25-26H,9,11,14H2,(H,24,27). The van der Waals surface area contributed by atoms with E-state index in [1.807, 2.05) is 24.3 Å². The predicted molar refractivity (Wildman–Crippen MR) is 107 cm³/mol. The molecule has 1 amide bonds. The topological polar surface area (TPSA) is 91.9 Å². The Kier molecular flexibility index (Phi) is 5.64. The SMILES string of the molecule is O=C(NCCC(O)C(O)c1ccoc1)OCC1c2ccccc2-c2ccccc21. The van der Waals surface area contributed by atoms with E-state index in [1.54, 1.807) is 6.07 Å². The second kappa shape index (κ2) is 8.51. The maximum Gasteiger partial charge on any atom is 0.407 e. The van der Waals surface area contributed by atoms with Crippen molar-refractivity contribution in [1.82, 2.24) is 5.32 Å². The van der Waals surface area contributed by atoms with Crippen molar-refractivity contribution in [2.24, 2.45) is 0 Å². The lowest BCUT2D eigenvalue weighted by Crippen LogP contribution is -2.30. The van der Waals surface area contributed by atoms with Gasteiger partial charge in [0.1, 0.15) is 12.7 Å². The molecule has 0 spiro atoms. The van der Waals surface area contributed by atoms with Gasteiger partial charge >= 0.3 is 6.09 Å². The van der Waals surface area contributed by atoms with Crippen LogP contribution >= 0.6 is 0 Å². The van der Waals surface area contributed by atoms with Gasteiger partial charge in [0.05, 0.1) is 18.6 Å². The number of aliphatic hydroxyl groups is 2. The summed E-state index contributed by atoms with van der Waals surface area (Å²) in [5, 5.41) is 22.7. The normalized spacial score (nSPS) is 14.7. The highest BCUT2D eigenvalue weighted by Gasteiger charge is 2.29. The Balaban J connectivity index is 1.29. The van der Waals surface area contributed by atoms with Crippen LogP contribution in [0.5, 0.6) is 0 Å². The van der Waals surface area contributed by atoms with Crippen LogP contribution in [0, 0.1) is 0 Å². The zero-order chi connectivity index (χ0) is 20.2. The van der Waals surface area contributed by atoms with Crippen molar-refractivity contribution in [3.05, 3.63) is 83.8 Å². The van der Waals surface area contributed by atoms with Crippen LogP contribution in [0.25, 0.3) is 11.1 Å². The summed E-state index contributed by atoms with van der Waals surface area (Å²) >= 11 is 0. The van der Waals surface area contributed by atoms with E-state index in [-0.39, 0.29) is 25.5 Å². The number of carbonyl (C=O) groups excluding carboxylic acids is 1. The fourth-order valence-corrected chi connectivity index (χ4v) is 3.79. The van der Waals surface area contributed by atoms with E-state index in [0.717, 1.165) is 11.1 Å². The van der Waals surface area contributed by atoms with E-state index >= 15 is 0 Å². The summed E-state index contributed by atoms with van der Waals surface area (Å²) in [4.78, 5) is 12.1. The number of ether oxygens (including phenoxy) is 1. The van der Waals surface area contributed by atoms with Gasteiger partial charge in [-0.15, -0.1) is 0 Å². The summed E-state index contributed by atoms with van der Waals surface area (Å²) < 4.78 is 10.3. The van der Waals surface area contributed by atoms with Gasteiger partial charge in [-0.2, -0.15) is 0 Å². The molecule has 6 heteroatoms. The monoisotopic (exact) mass is 393 g/mol. The molecule has 2 unspecified atom stereocenters. The highest BCUT2D eigenvalue weighted by atomic mass is 16.5. The minimum atomic E-state index is -1.06. The first-order valence-electron chi connectivity index (χ1n) is 9.62. The Bertz CT molecular complexity index is 923. The minimum absolute atomic E-state index is 0.00153. The maximum absolute atomic E-state index is 12.1. The van der Waals surface area contributed by atoms with E-state index < -0.39 is 18.3 Å². The lowest BCUT2D eigenvalue weighted by Gasteiger charge is -2.17. The number of rotatable bonds is 7. The van der Waals surface area contributed by atoms with E-state index in [9.17, 15) is 15.0 Å². The van der Waals surface area contributed by atoms with Gasteiger partial charge in [-0.25, -0.2) is 4.79 Å². The predicted octanol–water partition coefficient (Wildman–Crippen LogP) is 3.60. The number of hydrogen-bond acceptors (Lipinski definition) is 5. The number of benzene rings is 2. The molecule has 2 atom stereocenters. The van der Waals surface area contributed by atoms with Crippen molar-refractivity contribution in [1.29, 1.82) is 0 Å². The smallest absolute Gasteiger partial charge is 0.407 e. The summed E-state index contributed by atoms with van der Waals surface area (Å²) in [5.41, 5.74) is 5.15. The molecule has 0 bridgehead atoms. The molecule has 3 aromatic rings. The molecule has 0 aliphatic heterocycles. The fourth-order valence-electron chi connectivity index (χ4n) is 3.79. The van der Waals surface area contributed by atoms with Crippen molar-refractivity contribution < 1.29 is 24.2 Å². The molecule has 1 heterocycles. The van der Waals surface area contributed by atoms with Crippen LogP contribution in [0.1, 0.15) is 35.1 Å². The molecule has 0 radical (unpaired) electrons. The Labute approximate surface area is 168 Å². The number of aliphatic hydroxyl groups excluding tert-OH is 2. The Morgan fingerprint density at radius 3 is 2.31 bits per heavy atom. The van der Waals surface area contributed by atoms with E-state index in [1.165, 1.54) is 23.7 Å². The average molecular weight is 393 g/mol. The molecule has 0 fully saturated rings. The number of carbonyl (C=O) groups is 1. The Hall–Kier alpha value is -3.09. The summed E-state index contributed by atoms with van der Waals surface area (Å²) in [6.45, 7) is 0.423. The number of amides is 1. The average Bonchev–Trinajstić information content (AvgIpc) is 3.38. The largest absolute Gasteiger partial charge is 0.472 e.